The van der Waals surface area contributed by atoms with E-state index in [-0.39, 0.29) is 12.8 Å². The van der Waals surface area contributed by atoms with Crippen LogP contribution in [0.15, 0.2) is 0 Å². The van der Waals surface area contributed by atoms with E-state index in [1.54, 1.807) is 0 Å². The van der Waals surface area contributed by atoms with Crippen LogP contribution in [0.3, 0.4) is 0 Å². The molecule has 74 valence electrons. The molecule has 1 fully saturated rings. The molecular formula is C8H12O5. The first kappa shape index (κ1) is 9.98. The third-order valence-electron chi connectivity index (χ3n) is 2.46. The van der Waals surface area contributed by atoms with Gasteiger partial charge in [0.05, 0.1) is 17.9 Å². The second-order valence-electron chi connectivity index (χ2n) is 3.36. The summed E-state index contributed by atoms with van der Waals surface area (Å²) in [6.45, 7) is 0. The lowest BCUT2D eigenvalue weighted by Gasteiger charge is -2.28. The fourth-order valence-electron chi connectivity index (χ4n) is 1.72. The molecule has 0 heterocycles. The Kier molecular flexibility index (Phi) is 2.87. The fourth-order valence-corrected chi connectivity index (χ4v) is 1.72. The van der Waals surface area contributed by atoms with Crippen LogP contribution in [-0.4, -0.2) is 33.4 Å². The van der Waals surface area contributed by atoms with Crippen molar-refractivity contribution in [3.63, 3.8) is 0 Å². The van der Waals surface area contributed by atoms with Crippen LogP contribution in [0.1, 0.15) is 19.3 Å². The Balaban J connectivity index is 2.72. The molecule has 5 nitrogen and oxygen atoms in total. The highest BCUT2D eigenvalue weighted by atomic mass is 16.4. The van der Waals surface area contributed by atoms with Crippen LogP contribution in [0, 0.1) is 11.8 Å². The SMILES string of the molecule is O=C(O)[C@@H]1CC[C@@H](O)C[C@H]1C(=O)O. The van der Waals surface area contributed by atoms with Crippen molar-refractivity contribution in [2.24, 2.45) is 11.8 Å². The van der Waals surface area contributed by atoms with Crippen LogP contribution >= 0.6 is 0 Å². The number of hydrogen-bond donors (Lipinski definition) is 3. The van der Waals surface area contributed by atoms with Gasteiger partial charge in [-0.1, -0.05) is 0 Å². The molecule has 0 aromatic heterocycles. The quantitative estimate of drug-likeness (QED) is 0.564. The maximum atomic E-state index is 10.6. The first-order valence-corrected chi connectivity index (χ1v) is 4.16. The number of rotatable bonds is 2. The second-order valence-corrected chi connectivity index (χ2v) is 3.36. The average Bonchev–Trinajstić information content (AvgIpc) is 2.03. The summed E-state index contributed by atoms with van der Waals surface area (Å²) in [7, 11) is 0. The van der Waals surface area contributed by atoms with Crippen LogP contribution in [0.2, 0.25) is 0 Å². The molecule has 0 aliphatic heterocycles. The molecule has 0 radical (unpaired) electrons. The molecule has 1 saturated carbocycles. The molecule has 0 bridgehead atoms. The maximum Gasteiger partial charge on any atom is 0.307 e. The number of carbonyl (C=O) groups is 2. The van der Waals surface area contributed by atoms with Crippen molar-refractivity contribution >= 4 is 11.9 Å². The minimum atomic E-state index is -1.13. The van der Waals surface area contributed by atoms with Crippen LogP contribution in [0.25, 0.3) is 0 Å². The summed E-state index contributed by atoms with van der Waals surface area (Å²) in [5.74, 6) is -4.01. The molecule has 0 aromatic carbocycles. The summed E-state index contributed by atoms with van der Waals surface area (Å²) in [4.78, 5) is 21.3. The van der Waals surface area contributed by atoms with E-state index in [4.69, 9.17) is 10.2 Å². The van der Waals surface area contributed by atoms with Crippen molar-refractivity contribution in [1.29, 1.82) is 0 Å². The highest BCUT2D eigenvalue weighted by Gasteiger charge is 2.38. The van der Waals surface area contributed by atoms with Gasteiger partial charge in [0, 0.05) is 0 Å². The lowest BCUT2D eigenvalue weighted by atomic mass is 9.78. The van der Waals surface area contributed by atoms with Crippen molar-refractivity contribution in [3.8, 4) is 0 Å². The van der Waals surface area contributed by atoms with Crippen molar-refractivity contribution in [1.82, 2.24) is 0 Å². The molecule has 5 heteroatoms. The van der Waals surface area contributed by atoms with E-state index < -0.39 is 29.9 Å². The molecule has 0 aromatic rings. The number of carboxylic acids is 2. The highest BCUT2D eigenvalue weighted by Crippen LogP contribution is 2.30. The van der Waals surface area contributed by atoms with Crippen molar-refractivity contribution in [2.45, 2.75) is 25.4 Å². The summed E-state index contributed by atoms with van der Waals surface area (Å²) < 4.78 is 0. The third kappa shape index (κ3) is 2.18. The lowest BCUT2D eigenvalue weighted by Crippen LogP contribution is -2.37. The number of aliphatic carboxylic acids is 2. The first-order valence-electron chi connectivity index (χ1n) is 4.16. The minimum Gasteiger partial charge on any atom is -0.481 e. The van der Waals surface area contributed by atoms with Gasteiger partial charge in [-0.15, -0.1) is 0 Å². The number of aliphatic hydroxyl groups excluding tert-OH is 1. The summed E-state index contributed by atoms with van der Waals surface area (Å²) in [6.07, 6.45) is -0.00255. The van der Waals surface area contributed by atoms with E-state index in [9.17, 15) is 14.7 Å². The highest BCUT2D eigenvalue weighted by molar-refractivity contribution is 5.80. The zero-order valence-electron chi connectivity index (χ0n) is 7.01. The largest absolute Gasteiger partial charge is 0.481 e. The van der Waals surface area contributed by atoms with Gasteiger partial charge in [0.2, 0.25) is 0 Å². The Morgan fingerprint density at radius 3 is 2.00 bits per heavy atom. The van der Waals surface area contributed by atoms with Gasteiger partial charge in [0.25, 0.3) is 0 Å². The first-order chi connectivity index (χ1) is 6.02. The zero-order chi connectivity index (χ0) is 10.0. The molecule has 0 saturated heterocycles. The monoisotopic (exact) mass is 188 g/mol. The Hall–Kier alpha value is -1.10. The van der Waals surface area contributed by atoms with E-state index in [1.165, 1.54) is 0 Å². The Bertz CT molecular complexity index is 225. The molecule has 1 aliphatic rings. The molecule has 3 atom stereocenters. The van der Waals surface area contributed by atoms with E-state index >= 15 is 0 Å². The van der Waals surface area contributed by atoms with Crippen molar-refractivity contribution in [3.05, 3.63) is 0 Å². The molecular weight excluding hydrogens is 176 g/mol. The van der Waals surface area contributed by atoms with Gasteiger partial charge >= 0.3 is 11.9 Å². The number of hydrogen-bond acceptors (Lipinski definition) is 3. The van der Waals surface area contributed by atoms with E-state index in [0.29, 0.717) is 6.42 Å². The van der Waals surface area contributed by atoms with E-state index in [0.717, 1.165) is 0 Å². The maximum absolute atomic E-state index is 10.6. The predicted octanol–water partition coefficient (Wildman–Crippen LogP) is -0.0672. The molecule has 13 heavy (non-hydrogen) atoms. The Labute approximate surface area is 75.0 Å². The normalized spacial score (nSPS) is 34.1. The van der Waals surface area contributed by atoms with E-state index in [2.05, 4.69) is 0 Å². The smallest absolute Gasteiger partial charge is 0.307 e. The van der Waals surface area contributed by atoms with Gasteiger partial charge in [-0.05, 0) is 19.3 Å². The van der Waals surface area contributed by atoms with Crippen LogP contribution < -0.4 is 0 Å². The topological polar surface area (TPSA) is 94.8 Å². The average molecular weight is 188 g/mol. The third-order valence-corrected chi connectivity index (χ3v) is 2.46. The van der Waals surface area contributed by atoms with Gasteiger partial charge in [0.15, 0.2) is 0 Å². The fraction of sp³-hybridized carbons (Fsp3) is 0.750. The van der Waals surface area contributed by atoms with Gasteiger partial charge in [0.1, 0.15) is 0 Å². The Morgan fingerprint density at radius 1 is 1.00 bits per heavy atom. The lowest BCUT2D eigenvalue weighted by molar-refractivity contribution is -0.157. The van der Waals surface area contributed by atoms with E-state index in [1.807, 2.05) is 0 Å². The van der Waals surface area contributed by atoms with Gasteiger partial charge in [-0.3, -0.25) is 9.59 Å². The minimum absolute atomic E-state index is 0.0479. The molecule has 3 N–H and O–H groups in total. The van der Waals surface area contributed by atoms with Gasteiger partial charge in [-0.2, -0.15) is 0 Å². The molecule has 0 spiro atoms. The molecule has 0 amide bonds. The Morgan fingerprint density at radius 2 is 1.54 bits per heavy atom. The second kappa shape index (κ2) is 3.74. The van der Waals surface area contributed by atoms with Gasteiger partial charge in [-0.25, -0.2) is 0 Å². The molecule has 0 unspecified atom stereocenters. The summed E-state index contributed by atoms with van der Waals surface area (Å²) in [5, 5.41) is 26.6. The predicted molar refractivity (Wildman–Crippen MR) is 42.1 cm³/mol. The van der Waals surface area contributed by atoms with Crippen molar-refractivity contribution < 1.29 is 24.9 Å². The summed E-state index contributed by atoms with van der Waals surface area (Å²) in [5.41, 5.74) is 0. The van der Waals surface area contributed by atoms with Crippen LogP contribution in [0.5, 0.6) is 0 Å². The zero-order valence-corrected chi connectivity index (χ0v) is 7.01. The number of carboxylic acid groups (broad SMARTS) is 2. The molecule has 1 rings (SSSR count). The van der Waals surface area contributed by atoms with Gasteiger partial charge < -0.3 is 15.3 Å². The number of aliphatic hydroxyl groups is 1. The standard InChI is InChI=1S/C8H12O5/c9-4-1-2-5(7(10)11)6(3-4)8(12)13/h4-6,9H,1-3H2,(H,10,11)(H,12,13)/t4-,5-,6-/m1/s1. The van der Waals surface area contributed by atoms with Crippen LogP contribution in [0.4, 0.5) is 0 Å². The van der Waals surface area contributed by atoms with Crippen molar-refractivity contribution in [2.75, 3.05) is 0 Å². The summed E-state index contributed by atoms with van der Waals surface area (Å²) >= 11 is 0. The molecule has 1 aliphatic carbocycles. The summed E-state index contributed by atoms with van der Waals surface area (Å²) in [6, 6.07) is 0. The van der Waals surface area contributed by atoms with Crippen LogP contribution in [-0.2, 0) is 9.59 Å².